The Balaban J connectivity index is 1.92. The zero-order valence-corrected chi connectivity index (χ0v) is 15.4. The molecule has 1 aromatic carbocycles. The second-order valence-electron chi connectivity index (χ2n) is 5.95. The van der Waals surface area contributed by atoms with Crippen molar-refractivity contribution >= 4 is 35.1 Å². The van der Waals surface area contributed by atoms with E-state index in [-0.39, 0.29) is 22.4 Å². The van der Waals surface area contributed by atoms with Gasteiger partial charge in [0.1, 0.15) is 11.9 Å². The molecule has 27 heavy (non-hydrogen) atoms. The molecule has 0 aliphatic carbocycles. The van der Waals surface area contributed by atoms with Crippen LogP contribution in [0.1, 0.15) is 24.4 Å². The number of nitrogens with one attached hydrogen (secondary N) is 2. The minimum atomic E-state index is -0.988. The summed E-state index contributed by atoms with van der Waals surface area (Å²) in [5, 5.41) is 4.99. The summed E-state index contributed by atoms with van der Waals surface area (Å²) >= 11 is 5.74. The van der Waals surface area contributed by atoms with E-state index in [1.54, 1.807) is 13.8 Å². The topological polar surface area (TPSA) is 97.6 Å². The summed E-state index contributed by atoms with van der Waals surface area (Å²) in [7, 11) is 0. The third-order valence-corrected chi connectivity index (χ3v) is 3.74. The van der Waals surface area contributed by atoms with E-state index in [9.17, 15) is 18.8 Å². The molecular weight excluding hydrogens is 379 g/mol. The van der Waals surface area contributed by atoms with Crippen molar-refractivity contribution in [3.05, 3.63) is 53.2 Å². The lowest BCUT2D eigenvalue weighted by Crippen LogP contribution is -2.45. The van der Waals surface area contributed by atoms with Crippen molar-refractivity contribution in [3.8, 4) is 0 Å². The van der Waals surface area contributed by atoms with Crippen molar-refractivity contribution in [1.82, 2.24) is 5.32 Å². The molecule has 9 heteroatoms. The van der Waals surface area contributed by atoms with Crippen molar-refractivity contribution in [2.45, 2.75) is 19.9 Å². The molecule has 0 unspecified atom stereocenters. The number of furan rings is 1. The van der Waals surface area contributed by atoms with E-state index in [1.165, 1.54) is 30.5 Å². The highest BCUT2D eigenvalue weighted by molar-refractivity contribution is 6.30. The predicted octanol–water partition coefficient (Wildman–Crippen LogP) is 3.01. The summed E-state index contributed by atoms with van der Waals surface area (Å²) in [5.41, 5.74) is -0.130. The maximum absolute atomic E-state index is 13.6. The van der Waals surface area contributed by atoms with Crippen LogP contribution in [-0.2, 0) is 14.3 Å². The number of amides is 2. The number of benzene rings is 1. The van der Waals surface area contributed by atoms with E-state index in [1.807, 2.05) is 0 Å². The van der Waals surface area contributed by atoms with Gasteiger partial charge in [0, 0.05) is 5.02 Å². The number of carbonyl (C=O) groups is 3. The first-order valence-corrected chi connectivity index (χ1v) is 8.41. The standard InChI is InChI=1S/C18H18ClFN2O5/c1-10(2)16(22-17(24)14-4-3-7-26-14)18(25)27-9-15(23)21-13-8-11(19)5-6-12(13)20/h3-8,10,16H,9H2,1-2H3,(H,21,23)(H,22,24)/t16-/m0/s1. The van der Waals surface area contributed by atoms with Crippen LogP contribution in [0.2, 0.25) is 5.02 Å². The van der Waals surface area contributed by atoms with Crippen LogP contribution in [0.3, 0.4) is 0 Å². The van der Waals surface area contributed by atoms with Gasteiger partial charge in [-0.2, -0.15) is 0 Å². The second kappa shape index (κ2) is 9.18. The Morgan fingerprint density at radius 1 is 1.26 bits per heavy atom. The number of carbonyl (C=O) groups excluding carboxylic acids is 3. The molecule has 0 aliphatic heterocycles. The fourth-order valence-corrected chi connectivity index (χ4v) is 2.30. The van der Waals surface area contributed by atoms with Crippen LogP contribution in [0.4, 0.5) is 10.1 Å². The van der Waals surface area contributed by atoms with Gasteiger partial charge >= 0.3 is 5.97 Å². The molecule has 2 aromatic rings. The van der Waals surface area contributed by atoms with Gasteiger partial charge in [0.05, 0.1) is 12.0 Å². The summed E-state index contributed by atoms with van der Waals surface area (Å²) in [6, 6.07) is 5.67. The van der Waals surface area contributed by atoms with Gasteiger partial charge in [-0.1, -0.05) is 25.4 Å². The molecule has 1 heterocycles. The van der Waals surface area contributed by atoms with Gasteiger partial charge in [-0.3, -0.25) is 9.59 Å². The molecule has 0 radical (unpaired) electrons. The zero-order chi connectivity index (χ0) is 20.0. The van der Waals surface area contributed by atoms with Crippen molar-refractivity contribution in [3.63, 3.8) is 0 Å². The quantitative estimate of drug-likeness (QED) is 0.701. The number of hydrogen-bond acceptors (Lipinski definition) is 5. The van der Waals surface area contributed by atoms with Gasteiger partial charge < -0.3 is 19.8 Å². The molecule has 2 N–H and O–H groups in total. The Kier molecular flexibility index (Phi) is 6.95. The molecule has 0 saturated carbocycles. The number of esters is 1. The van der Waals surface area contributed by atoms with Crippen molar-refractivity contribution in [2.24, 2.45) is 5.92 Å². The Morgan fingerprint density at radius 2 is 2.00 bits per heavy atom. The Labute approximate surface area is 159 Å². The Bertz CT molecular complexity index is 823. The summed E-state index contributed by atoms with van der Waals surface area (Å²) in [6.07, 6.45) is 1.33. The molecule has 7 nitrogen and oxygen atoms in total. The molecule has 144 valence electrons. The van der Waals surface area contributed by atoms with Crippen LogP contribution in [0.5, 0.6) is 0 Å². The predicted molar refractivity (Wildman–Crippen MR) is 95.8 cm³/mol. The van der Waals surface area contributed by atoms with E-state index < -0.39 is 36.2 Å². The van der Waals surface area contributed by atoms with Crippen LogP contribution in [0, 0.1) is 11.7 Å². The smallest absolute Gasteiger partial charge is 0.329 e. The van der Waals surface area contributed by atoms with Crippen LogP contribution in [-0.4, -0.2) is 30.4 Å². The lowest BCUT2D eigenvalue weighted by atomic mass is 10.0. The van der Waals surface area contributed by atoms with Crippen LogP contribution in [0.25, 0.3) is 0 Å². The first kappa shape index (κ1) is 20.4. The second-order valence-corrected chi connectivity index (χ2v) is 6.39. The maximum Gasteiger partial charge on any atom is 0.329 e. The highest BCUT2D eigenvalue weighted by Gasteiger charge is 2.27. The van der Waals surface area contributed by atoms with E-state index in [4.69, 9.17) is 20.8 Å². The van der Waals surface area contributed by atoms with E-state index >= 15 is 0 Å². The number of anilines is 1. The third kappa shape index (κ3) is 5.82. The fraction of sp³-hybridized carbons (Fsp3) is 0.278. The average Bonchev–Trinajstić information content (AvgIpc) is 3.15. The molecule has 0 saturated heterocycles. The SMILES string of the molecule is CC(C)[C@H](NC(=O)c1ccco1)C(=O)OCC(=O)Nc1cc(Cl)ccc1F. The Hall–Kier alpha value is -2.87. The van der Waals surface area contributed by atoms with Crippen molar-refractivity contribution < 1.29 is 27.9 Å². The minimum absolute atomic E-state index is 0.0441. The monoisotopic (exact) mass is 396 g/mol. The van der Waals surface area contributed by atoms with Crippen LogP contribution in [0.15, 0.2) is 41.0 Å². The number of hydrogen-bond donors (Lipinski definition) is 2. The normalized spacial score (nSPS) is 11.7. The molecule has 1 aromatic heterocycles. The van der Waals surface area contributed by atoms with Crippen LogP contribution >= 0.6 is 11.6 Å². The first-order chi connectivity index (χ1) is 12.8. The van der Waals surface area contributed by atoms with Gasteiger partial charge in [-0.05, 0) is 36.2 Å². The number of rotatable bonds is 7. The van der Waals surface area contributed by atoms with Gasteiger partial charge in [0.2, 0.25) is 0 Å². The fourth-order valence-electron chi connectivity index (χ4n) is 2.12. The Morgan fingerprint density at radius 3 is 2.63 bits per heavy atom. The third-order valence-electron chi connectivity index (χ3n) is 3.50. The first-order valence-electron chi connectivity index (χ1n) is 8.04. The lowest BCUT2D eigenvalue weighted by Gasteiger charge is -2.20. The molecule has 0 aliphatic rings. The zero-order valence-electron chi connectivity index (χ0n) is 14.6. The van der Waals surface area contributed by atoms with Crippen LogP contribution < -0.4 is 10.6 Å². The summed E-state index contributed by atoms with van der Waals surface area (Å²) in [4.78, 5) is 36.1. The summed E-state index contributed by atoms with van der Waals surface area (Å²) in [5.74, 6) is -3.06. The molecular formula is C18H18ClFN2O5. The number of ether oxygens (including phenoxy) is 1. The number of halogens is 2. The van der Waals surface area contributed by atoms with Gasteiger partial charge in [-0.15, -0.1) is 0 Å². The molecule has 0 bridgehead atoms. The molecule has 1 atom stereocenters. The van der Waals surface area contributed by atoms with Gasteiger partial charge in [-0.25, -0.2) is 9.18 Å². The van der Waals surface area contributed by atoms with E-state index in [0.717, 1.165) is 6.07 Å². The van der Waals surface area contributed by atoms with Gasteiger partial charge in [0.25, 0.3) is 11.8 Å². The molecule has 2 amide bonds. The van der Waals surface area contributed by atoms with E-state index in [0.29, 0.717) is 0 Å². The molecule has 2 rings (SSSR count). The summed E-state index contributed by atoms with van der Waals surface area (Å²) < 4.78 is 23.5. The largest absolute Gasteiger partial charge is 0.459 e. The average molecular weight is 397 g/mol. The highest BCUT2D eigenvalue weighted by atomic mass is 35.5. The highest BCUT2D eigenvalue weighted by Crippen LogP contribution is 2.19. The lowest BCUT2D eigenvalue weighted by molar-refractivity contribution is -0.150. The molecule has 0 fully saturated rings. The van der Waals surface area contributed by atoms with Crippen molar-refractivity contribution in [2.75, 3.05) is 11.9 Å². The van der Waals surface area contributed by atoms with Crippen molar-refractivity contribution in [1.29, 1.82) is 0 Å². The molecule has 0 spiro atoms. The maximum atomic E-state index is 13.6. The van der Waals surface area contributed by atoms with Gasteiger partial charge in [0.15, 0.2) is 12.4 Å². The summed E-state index contributed by atoms with van der Waals surface area (Å²) in [6.45, 7) is 2.76. The minimum Gasteiger partial charge on any atom is -0.459 e. The van der Waals surface area contributed by atoms with E-state index in [2.05, 4.69) is 10.6 Å².